The third-order valence-electron chi connectivity index (χ3n) is 6.58. The van der Waals surface area contributed by atoms with Crippen molar-refractivity contribution in [3.8, 4) is 5.88 Å². The Hall–Kier alpha value is -2.81. The van der Waals surface area contributed by atoms with Gasteiger partial charge in [-0.2, -0.15) is 0 Å². The third kappa shape index (κ3) is 4.21. The average molecular weight is 503 g/mol. The Kier molecular flexibility index (Phi) is 6.38. The molecular weight excluding hydrogens is 479 g/mol. The Morgan fingerprint density at radius 3 is 2.85 bits per heavy atom. The average Bonchev–Trinajstić information content (AvgIpc) is 3.51. The fraction of sp³-hybridized carbons (Fsp3) is 0.375. The summed E-state index contributed by atoms with van der Waals surface area (Å²) in [4.78, 5) is 31.1. The van der Waals surface area contributed by atoms with Crippen molar-refractivity contribution in [1.29, 1.82) is 0 Å². The fourth-order valence-corrected chi connectivity index (χ4v) is 5.34. The van der Waals surface area contributed by atoms with E-state index < -0.39 is 11.4 Å². The highest BCUT2D eigenvalue weighted by molar-refractivity contribution is 6.34. The highest BCUT2D eigenvalue weighted by Gasteiger charge is 2.29. The standard InChI is InChI=1S/C24H24Cl2N4O4/c25-18-4-1-6-28-23(18)34-13-15-3-2-8-29(15)21-10-20-16(9-19(21)26)22(31)17(24(32)33)12-30(20)14-5-7-27-11-14/h1,4,6,9-10,12,14-15,27H,2-3,5,7-8,11,13H2,(H,32,33)/t14?,15-/m1/s1. The molecule has 2 aliphatic rings. The van der Waals surface area contributed by atoms with Crippen molar-refractivity contribution in [3.63, 3.8) is 0 Å². The number of carboxylic acid groups (broad SMARTS) is 1. The van der Waals surface area contributed by atoms with E-state index in [1.807, 2.05) is 10.6 Å². The first-order valence-corrected chi connectivity index (χ1v) is 12.0. The molecule has 8 nitrogen and oxygen atoms in total. The van der Waals surface area contributed by atoms with Crippen LogP contribution in [-0.4, -0.2) is 52.9 Å². The second kappa shape index (κ2) is 9.44. The highest BCUT2D eigenvalue weighted by atomic mass is 35.5. The molecule has 0 saturated carbocycles. The number of carboxylic acids is 1. The SMILES string of the molecule is O=C(O)c1cn(C2CCNC2)c2cc(N3CCC[C@@H]3COc3ncccc3Cl)c(Cl)cc2c1=O. The van der Waals surface area contributed by atoms with E-state index >= 15 is 0 Å². The molecule has 178 valence electrons. The van der Waals surface area contributed by atoms with E-state index in [4.69, 9.17) is 27.9 Å². The molecule has 2 atom stereocenters. The first-order chi connectivity index (χ1) is 16.4. The number of anilines is 1. The summed E-state index contributed by atoms with van der Waals surface area (Å²) in [6.07, 6.45) is 5.83. The first kappa shape index (κ1) is 23.0. The van der Waals surface area contributed by atoms with Crippen molar-refractivity contribution >= 4 is 45.8 Å². The molecule has 0 radical (unpaired) electrons. The molecule has 2 N–H and O–H groups in total. The van der Waals surface area contributed by atoms with Crippen LogP contribution in [0.5, 0.6) is 5.88 Å². The maximum absolute atomic E-state index is 13.0. The topological polar surface area (TPSA) is 96.7 Å². The molecule has 4 heterocycles. The number of nitrogens with zero attached hydrogens (tertiary/aromatic N) is 3. The van der Waals surface area contributed by atoms with Gasteiger partial charge >= 0.3 is 5.97 Å². The monoisotopic (exact) mass is 502 g/mol. The fourth-order valence-electron chi connectivity index (χ4n) is 4.89. The van der Waals surface area contributed by atoms with Crippen molar-refractivity contribution in [2.45, 2.75) is 31.3 Å². The molecule has 2 aliphatic heterocycles. The van der Waals surface area contributed by atoms with E-state index in [0.29, 0.717) is 40.0 Å². The number of aromatic carboxylic acids is 1. The second-order valence-corrected chi connectivity index (χ2v) is 9.46. The summed E-state index contributed by atoms with van der Waals surface area (Å²) < 4.78 is 7.82. The summed E-state index contributed by atoms with van der Waals surface area (Å²) in [5, 5.41) is 14.1. The van der Waals surface area contributed by atoms with E-state index in [9.17, 15) is 14.7 Å². The van der Waals surface area contributed by atoms with Gasteiger partial charge in [-0.25, -0.2) is 9.78 Å². The summed E-state index contributed by atoms with van der Waals surface area (Å²) >= 11 is 12.9. The lowest BCUT2D eigenvalue weighted by Crippen LogP contribution is -2.34. The molecule has 10 heteroatoms. The van der Waals surface area contributed by atoms with Gasteiger partial charge in [-0.1, -0.05) is 23.2 Å². The van der Waals surface area contributed by atoms with Crippen molar-refractivity contribution < 1.29 is 14.6 Å². The lowest BCUT2D eigenvalue weighted by molar-refractivity contribution is 0.0694. The maximum atomic E-state index is 13.0. The zero-order valence-corrected chi connectivity index (χ0v) is 19.8. The van der Waals surface area contributed by atoms with Crippen LogP contribution < -0.4 is 20.4 Å². The molecular formula is C24H24Cl2N4O4. The predicted octanol–water partition coefficient (Wildman–Crippen LogP) is 3.98. The highest BCUT2D eigenvalue weighted by Crippen LogP contribution is 2.36. The Bertz CT molecular complexity index is 1310. The Balaban J connectivity index is 1.54. The zero-order chi connectivity index (χ0) is 23.8. The number of pyridine rings is 2. The van der Waals surface area contributed by atoms with Crippen LogP contribution in [0, 0.1) is 0 Å². The van der Waals surface area contributed by atoms with Crippen LogP contribution in [-0.2, 0) is 0 Å². The Morgan fingerprint density at radius 1 is 1.26 bits per heavy atom. The van der Waals surface area contributed by atoms with Crippen LogP contribution in [0.25, 0.3) is 10.9 Å². The van der Waals surface area contributed by atoms with Crippen LogP contribution in [0.1, 0.15) is 35.7 Å². The third-order valence-corrected chi connectivity index (χ3v) is 7.17. The van der Waals surface area contributed by atoms with Gasteiger partial charge in [0, 0.05) is 36.9 Å². The second-order valence-electron chi connectivity index (χ2n) is 8.64. The molecule has 2 aromatic heterocycles. The molecule has 1 aromatic carbocycles. The summed E-state index contributed by atoms with van der Waals surface area (Å²) in [6.45, 7) is 2.72. The number of fused-ring (bicyclic) bond motifs is 1. The molecule has 0 amide bonds. The van der Waals surface area contributed by atoms with Gasteiger partial charge in [0.2, 0.25) is 11.3 Å². The van der Waals surface area contributed by atoms with Crippen molar-refractivity contribution in [2.75, 3.05) is 31.1 Å². The van der Waals surface area contributed by atoms with Gasteiger partial charge in [-0.05, 0) is 50.1 Å². The van der Waals surface area contributed by atoms with Crippen molar-refractivity contribution in [3.05, 3.63) is 62.5 Å². The summed E-state index contributed by atoms with van der Waals surface area (Å²) in [6, 6.07) is 7.11. The molecule has 34 heavy (non-hydrogen) atoms. The summed E-state index contributed by atoms with van der Waals surface area (Å²) in [5.41, 5.74) is 0.712. The van der Waals surface area contributed by atoms with Gasteiger partial charge < -0.3 is 24.6 Å². The van der Waals surface area contributed by atoms with E-state index in [-0.39, 0.29) is 17.6 Å². The van der Waals surface area contributed by atoms with Crippen LogP contribution >= 0.6 is 23.2 Å². The molecule has 0 aliphatic carbocycles. The van der Waals surface area contributed by atoms with Crippen LogP contribution in [0.3, 0.4) is 0 Å². The molecule has 0 spiro atoms. The largest absolute Gasteiger partial charge is 0.477 e. The number of carbonyl (C=O) groups is 1. The van der Waals surface area contributed by atoms with Crippen LogP contribution in [0.4, 0.5) is 5.69 Å². The van der Waals surface area contributed by atoms with E-state index in [1.54, 1.807) is 24.4 Å². The van der Waals surface area contributed by atoms with E-state index in [1.165, 1.54) is 6.20 Å². The number of rotatable bonds is 6. The smallest absolute Gasteiger partial charge is 0.341 e. The maximum Gasteiger partial charge on any atom is 0.341 e. The number of halogens is 2. The van der Waals surface area contributed by atoms with Crippen LogP contribution in [0.15, 0.2) is 41.5 Å². The van der Waals surface area contributed by atoms with Crippen LogP contribution in [0.2, 0.25) is 10.0 Å². The van der Waals surface area contributed by atoms with Gasteiger partial charge in [-0.3, -0.25) is 4.79 Å². The lowest BCUT2D eigenvalue weighted by atomic mass is 10.1. The number of nitrogens with one attached hydrogen (secondary N) is 1. The first-order valence-electron chi connectivity index (χ1n) is 11.3. The minimum absolute atomic E-state index is 0.0548. The minimum Gasteiger partial charge on any atom is -0.477 e. The van der Waals surface area contributed by atoms with Gasteiger partial charge in [0.15, 0.2) is 0 Å². The molecule has 2 fully saturated rings. The molecule has 3 aromatic rings. The number of aromatic nitrogens is 2. The predicted molar refractivity (Wildman–Crippen MR) is 132 cm³/mol. The van der Waals surface area contributed by atoms with Gasteiger partial charge in [0.05, 0.1) is 22.3 Å². The quantitative estimate of drug-likeness (QED) is 0.525. The Labute approximate surface area is 206 Å². The van der Waals surface area contributed by atoms with Crippen molar-refractivity contribution in [2.24, 2.45) is 0 Å². The van der Waals surface area contributed by atoms with E-state index in [0.717, 1.165) is 38.0 Å². The van der Waals surface area contributed by atoms with Gasteiger partial charge in [0.1, 0.15) is 17.2 Å². The molecule has 2 saturated heterocycles. The molecule has 0 bridgehead atoms. The number of benzene rings is 1. The van der Waals surface area contributed by atoms with E-state index in [2.05, 4.69) is 15.2 Å². The Morgan fingerprint density at radius 2 is 2.12 bits per heavy atom. The summed E-state index contributed by atoms with van der Waals surface area (Å²) in [7, 11) is 0. The lowest BCUT2D eigenvalue weighted by Gasteiger charge is -2.28. The number of ether oxygens (including phenoxy) is 1. The van der Waals surface area contributed by atoms with Gasteiger partial charge in [0.25, 0.3) is 0 Å². The summed E-state index contributed by atoms with van der Waals surface area (Å²) in [5.74, 6) is -0.846. The number of hydrogen-bond acceptors (Lipinski definition) is 6. The molecule has 5 rings (SSSR count). The van der Waals surface area contributed by atoms with Crippen molar-refractivity contribution in [1.82, 2.24) is 14.9 Å². The van der Waals surface area contributed by atoms with Gasteiger partial charge in [-0.15, -0.1) is 0 Å². The zero-order valence-electron chi connectivity index (χ0n) is 18.3. The minimum atomic E-state index is -1.24. The number of hydrogen-bond donors (Lipinski definition) is 2. The molecule has 1 unspecified atom stereocenters. The normalized spacial score (nSPS) is 20.2.